The predicted molar refractivity (Wildman–Crippen MR) is 51.3 cm³/mol. The number of aliphatic hydroxyl groups excluding tert-OH is 1. The van der Waals surface area contributed by atoms with Gasteiger partial charge in [0, 0.05) is 6.04 Å². The van der Waals surface area contributed by atoms with E-state index in [-0.39, 0.29) is 12.1 Å². The van der Waals surface area contributed by atoms with Crippen LogP contribution >= 0.6 is 0 Å². The van der Waals surface area contributed by atoms with E-state index in [1.807, 2.05) is 26.1 Å². The van der Waals surface area contributed by atoms with Gasteiger partial charge in [-0.15, -0.1) is 0 Å². The zero-order valence-corrected chi connectivity index (χ0v) is 8.40. The molecule has 0 saturated heterocycles. The van der Waals surface area contributed by atoms with Crippen LogP contribution in [0.2, 0.25) is 0 Å². The summed E-state index contributed by atoms with van der Waals surface area (Å²) >= 11 is 0. The van der Waals surface area contributed by atoms with Gasteiger partial charge in [-0.25, -0.2) is 0 Å². The highest BCUT2D eigenvalue weighted by Gasteiger charge is 2.15. The van der Waals surface area contributed by atoms with E-state index >= 15 is 0 Å². The molecule has 2 unspecified atom stereocenters. The third-order valence-corrected chi connectivity index (χ3v) is 2.38. The Balaban J connectivity index is 2.45. The standard InChI is InChI=1S/C10H17NO2/c1-8(9(2)12)11(3)7-10-5-4-6-13-10/h4-6,8-9,12H,7H2,1-3H3. The minimum Gasteiger partial charge on any atom is -0.468 e. The molecule has 3 heteroatoms. The molecule has 0 radical (unpaired) electrons. The third kappa shape index (κ3) is 2.86. The Hall–Kier alpha value is -0.800. The van der Waals surface area contributed by atoms with Crippen molar-refractivity contribution in [3.63, 3.8) is 0 Å². The molecule has 1 heterocycles. The molecule has 74 valence electrons. The first-order valence-corrected chi connectivity index (χ1v) is 4.52. The molecule has 1 aromatic rings. The third-order valence-electron chi connectivity index (χ3n) is 2.38. The van der Waals surface area contributed by atoms with E-state index in [0.29, 0.717) is 0 Å². The molecule has 1 N–H and O–H groups in total. The number of hydrogen-bond donors (Lipinski definition) is 1. The van der Waals surface area contributed by atoms with Crippen molar-refractivity contribution in [3.05, 3.63) is 24.2 Å². The van der Waals surface area contributed by atoms with Crippen molar-refractivity contribution in [1.82, 2.24) is 4.90 Å². The van der Waals surface area contributed by atoms with E-state index < -0.39 is 0 Å². The molecule has 2 atom stereocenters. The Bertz CT molecular complexity index is 231. The molecule has 3 nitrogen and oxygen atoms in total. The number of nitrogens with zero attached hydrogens (tertiary/aromatic N) is 1. The van der Waals surface area contributed by atoms with Crippen LogP contribution in [0.4, 0.5) is 0 Å². The Morgan fingerprint density at radius 1 is 1.54 bits per heavy atom. The fourth-order valence-corrected chi connectivity index (χ4v) is 1.16. The molecular formula is C10H17NO2. The van der Waals surface area contributed by atoms with Gasteiger partial charge in [0.1, 0.15) is 5.76 Å². The van der Waals surface area contributed by atoms with E-state index in [9.17, 15) is 5.11 Å². The fraction of sp³-hybridized carbons (Fsp3) is 0.600. The highest BCUT2D eigenvalue weighted by atomic mass is 16.3. The van der Waals surface area contributed by atoms with Crippen molar-refractivity contribution in [2.45, 2.75) is 32.5 Å². The maximum Gasteiger partial charge on any atom is 0.117 e. The smallest absolute Gasteiger partial charge is 0.117 e. The summed E-state index contributed by atoms with van der Waals surface area (Å²) in [5, 5.41) is 9.35. The van der Waals surface area contributed by atoms with Crippen LogP contribution < -0.4 is 0 Å². The van der Waals surface area contributed by atoms with Crippen LogP contribution in [0.3, 0.4) is 0 Å². The first-order chi connectivity index (χ1) is 6.11. The quantitative estimate of drug-likeness (QED) is 0.768. The Labute approximate surface area is 79.0 Å². The molecule has 0 aromatic carbocycles. The second-order valence-corrected chi connectivity index (χ2v) is 3.48. The van der Waals surface area contributed by atoms with E-state index in [1.54, 1.807) is 13.2 Å². The number of likely N-dealkylation sites (N-methyl/N-ethyl adjacent to an activating group) is 1. The van der Waals surface area contributed by atoms with Gasteiger partial charge in [0.05, 0.1) is 18.9 Å². The summed E-state index contributed by atoms with van der Waals surface area (Å²) in [6.45, 7) is 4.52. The van der Waals surface area contributed by atoms with Gasteiger partial charge < -0.3 is 9.52 Å². The molecule has 0 bridgehead atoms. The summed E-state index contributed by atoms with van der Waals surface area (Å²) in [7, 11) is 1.97. The van der Waals surface area contributed by atoms with Crippen LogP contribution in [-0.4, -0.2) is 29.2 Å². The molecular weight excluding hydrogens is 166 g/mol. The Kier molecular flexibility index (Phi) is 3.51. The van der Waals surface area contributed by atoms with E-state index in [0.717, 1.165) is 12.3 Å². The van der Waals surface area contributed by atoms with E-state index in [2.05, 4.69) is 4.90 Å². The maximum atomic E-state index is 9.35. The molecule has 0 fully saturated rings. The van der Waals surface area contributed by atoms with Gasteiger partial charge in [-0.1, -0.05) is 0 Å². The van der Waals surface area contributed by atoms with Gasteiger partial charge in [-0.3, -0.25) is 4.90 Å². The molecule has 0 amide bonds. The average molecular weight is 183 g/mol. The monoisotopic (exact) mass is 183 g/mol. The lowest BCUT2D eigenvalue weighted by Crippen LogP contribution is -2.36. The minimum absolute atomic E-state index is 0.144. The second kappa shape index (κ2) is 4.44. The number of rotatable bonds is 4. The first kappa shape index (κ1) is 10.3. The van der Waals surface area contributed by atoms with Crippen molar-refractivity contribution < 1.29 is 9.52 Å². The minimum atomic E-state index is -0.319. The van der Waals surface area contributed by atoms with Crippen LogP contribution in [0.5, 0.6) is 0 Å². The van der Waals surface area contributed by atoms with Crippen LogP contribution in [0.1, 0.15) is 19.6 Å². The van der Waals surface area contributed by atoms with Crippen LogP contribution in [0.15, 0.2) is 22.8 Å². The summed E-state index contributed by atoms with van der Waals surface area (Å²) in [6, 6.07) is 3.95. The van der Waals surface area contributed by atoms with Crippen molar-refractivity contribution >= 4 is 0 Å². The summed E-state index contributed by atoms with van der Waals surface area (Å²) in [4.78, 5) is 2.06. The largest absolute Gasteiger partial charge is 0.468 e. The van der Waals surface area contributed by atoms with E-state index in [4.69, 9.17) is 4.42 Å². The summed E-state index contributed by atoms with van der Waals surface area (Å²) in [6.07, 6.45) is 1.34. The first-order valence-electron chi connectivity index (χ1n) is 4.52. The van der Waals surface area contributed by atoms with Crippen molar-refractivity contribution in [2.24, 2.45) is 0 Å². The molecule has 0 aliphatic heterocycles. The van der Waals surface area contributed by atoms with Gasteiger partial charge in [-0.2, -0.15) is 0 Å². The van der Waals surface area contributed by atoms with Crippen LogP contribution in [0.25, 0.3) is 0 Å². The lowest BCUT2D eigenvalue weighted by atomic mass is 10.2. The summed E-state index contributed by atoms with van der Waals surface area (Å²) < 4.78 is 5.21. The number of aliphatic hydroxyl groups is 1. The summed E-state index contributed by atoms with van der Waals surface area (Å²) in [5.74, 6) is 0.926. The summed E-state index contributed by atoms with van der Waals surface area (Å²) in [5.41, 5.74) is 0. The van der Waals surface area contributed by atoms with Gasteiger partial charge in [0.2, 0.25) is 0 Å². The number of hydrogen-bond acceptors (Lipinski definition) is 3. The normalized spacial score (nSPS) is 16.1. The van der Waals surface area contributed by atoms with Crippen molar-refractivity contribution in [2.75, 3.05) is 7.05 Å². The lowest BCUT2D eigenvalue weighted by molar-refractivity contribution is 0.0790. The zero-order valence-electron chi connectivity index (χ0n) is 8.40. The van der Waals surface area contributed by atoms with Crippen LogP contribution in [0, 0.1) is 0 Å². The highest BCUT2D eigenvalue weighted by Crippen LogP contribution is 2.08. The molecule has 0 saturated carbocycles. The Morgan fingerprint density at radius 2 is 2.23 bits per heavy atom. The van der Waals surface area contributed by atoms with Gasteiger partial charge in [0.15, 0.2) is 0 Å². The fourth-order valence-electron chi connectivity index (χ4n) is 1.16. The molecule has 1 rings (SSSR count). The maximum absolute atomic E-state index is 9.35. The van der Waals surface area contributed by atoms with Gasteiger partial charge in [-0.05, 0) is 33.0 Å². The van der Waals surface area contributed by atoms with E-state index in [1.165, 1.54) is 0 Å². The topological polar surface area (TPSA) is 36.6 Å². The van der Waals surface area contributed by atoms with Gasteiger partial charge in [0.25, 0.3) is 0 Å². The SMILES string of the molecule is CC(O)C(C)N(C)Cc1ccco1. The predicted octanol–water partition coefficient (Wildman–Crippen LogP) is 1.48. The highest BCUT2D eigenvalue weighted by molar-refractivity contribution is 4.98. The van der Waals surface area contributed by atoms with Crippen molar-refractivity contribution in [1.29, 1.82) is 0 Å². The lowest BCUT2D eigenvalue weighted by Gasteiger charge is -2.25. The zero-order chi connectivity index (χ0) is 9.84. The molecule has 13 heavy (non-hydrogen) atoms. The molecule has 0 spiro atoms. The van der Waals surface area contributed by atoms with Gasteiger partial charge >= 0.3 is 0 Å². The van der Waals surface area contributed by atoms with Crippen LogP contribution in [-0.2, 0) is 6.54 Å². The number of furan rings is 1. The second-order valence-electron chi connectivity index (χ2n) is 3.48. The average Bonchev–Trinajstić information content (AvgIpc) is 2.55. The molecule has 0 aliphatic rings. The Morgan fingerprint density at radius 3 is 2.69 bits per heavy atom. The molecule has 0 aliphatic carbocycles. The van der Waals surface area contributed by atoms with Crippen molar-refractivity contribution in [3.8, 4) is 0 Å². The molecule has 1 aromatic heterocycles.